The average molecular weight is 258 g/mol. The van der Waals surface area contributed by atoms with Crippen molar-refractivity contribution in [2.75, 3.05) is 32.7 Å². The summed E-state index contributed by atoms with van der Waals surface area (Å²) >= 11 is 4.87. The number of nitrogens with one attached hydrogen (secondary N) is 1. The summed E-state index contributed by atoms with van der Waals surface area (Å²) in [6.45, 7) is 9.69. The molecule has 98 valence electrons. The summed E-state index contributed by atoms with van der Waals surface area (Å²) in [4.78, 5) is 16.4. The van der Waals surface area contributed by atoms with Crippen LogP contribution in [0, 0.1) is 0 Å². The molecule has 0 bridgehead atoms. The van der Waals surface area contributed by atoms with Crippen molar-refractivity contribution >= 4 is 23.2 Å². The maximum absolute atomic E-state index is 11.9. The Kier molecular flexibility index (Phi) is 4.70. The lowest BCUT2D eigenvalue weighted by molar-refractivity contribution is 0.143. The molecular formula is C11H22N4OS. The van der Waals surface area contributed by atoms with Gasteiger partial charge < -0.3 is 16.0 Å². The fourth-order valence-electron chi connectivity index (χ4n) is 1.73. The van der Waals surface area contributed by atoms with E-state index in [9.17, 15) is 4.79 Å². The van der Waals surface area contributed by atoms with E-state index in [1.165, 1.54) is 0 Å². The highest BCUT2D eigenvalue weighted by molar-refractivity contribution is 7.80. The minimum atomic E-state index is -0.187. The SMILES string of the molecule is CC(C)(C)NC(=O)N1CCN(CC(N)=S)CC1. The van der Waals surface area contributed by atoms with Gasteiger partial charge in [0, 0.05) is 38.3 Å². The van der Waals surface area contributed by atoms with Gasteiger partial charge in [0.15, 0.2) is 0 Å². The Hall–Kier alpha value is -0.880. The van der Waals surface area contributed by atoms with Gasteiger partial charge in [-0.3, -0.25) is 4.90 Å². The standard InChI is InChI=1S/C11H22N4OS/c1-11(2,3)13-10(16)15-6-4-14(5-7-15)8-9(12)17/h4-8H2,1-3H3,(H2,12,17)(H,13,16). The first-order valence-electron chi connectivity index (χ1n) is 5.86. The van der Waals surface area contributed by atoms with E-state index in [4.69, 9.17) is 18.0 Å². The fourth-order valence-corrected chi connectivity index (χ4v) is 1.91. The predicted molar refractivity (Wildman–Crippen MR) is 73.1 cm³/mol. The highest BCUT2D eigenvalue weighted by atomic mass is 32.1. The molecule has 0 saturated carbocycles. The molecular weight excluding hydrogens is 236 g/mol. The van der Waals surface area contributed by atoms with Crippen molar-refractivity contribution < 1.29 is 4.79 Å². The Morgan fingerprint density at radius 3 is 2.24 bits per heavy atom. The smallest absolute Gasteiger partial charge is 0.317 e. The molecule has 1 aliphatic rings. The summed E-state index contributed by atoms with van der Waals surface area (Å²) in [5.41, 5.74) is 5.31. The van der Waals surface area contributed by atoms with Gasteiger partial charge in [-0.1, -0.05) is 12.2 Å². The van der Waals surface area contributed by atoms with Crippen LogP contribution in [0.2, 0.25) is 0 Å². The van der Waals surface area contributed by atoms with Gasteiger partial charge in [0.25, 0.3) is 0 Å². The van der Waals surface area contributed by atoms with Crippen molar-refractivity contribution in [3.8, 4) is 0 Å². The minimum Gasteiger partial charge on any atom is -0.392 e. The zero-order valence-electron chi connectivity index (χ0n) is 10.8. The second kappa shape index (κ2) is 5.64. The van der Waals surface area contributed by atoms with E-state index in [0.29, 0.717) is 11.5 Å². The number of hydrogen-bond donors (Lipinski definition) is 2. The van der Waals surface area contributed by atoms with Crippen LogP contribution in [0.4, 0.5) is 4.79 Å². The van der Waals surface area contributed by atoms with E-state index in [1.807, 2.05) is 25.7 Å². The lowest BCUT2D eigenvalue weighted by Crippen LogP contribution is -2.55. The van der Waals surface area contributed by atoms with E-state index in [1.54, 1.807) is 0 Å². The topological polar surface area (TPSA) is 61.6 Å². The molecule has 0 aromatic heterocycles. The van der Waals surface area contributed by atoms with Gasteiger partial charge in [0.1, 0.15) is 0 Å². The maximum atomic E-state index is 11.9. The predicted octanol–water partition coefficient (Wildman–Crippen LogP) is 0.398. The molecule has 0 radical (unpaired) electrons. The van der Waals surface area contributed by atoms with Gasteiger partial charge in [-0.25, -0.2) is 4.79 Å². The molecule has 1 rings (SSSR count). The Bertz CT molecular complexity index is 292. The fraction of sp³-hybridized carbons (Fsp3) is 0.818. The van der Waals surface area contributed by atoms with Gasteiger partial charge in [-0.2, -0.15) is 0 Å². The monoisotopic (exact) mass is 258 g/mol. The van der Waals surface area contributed by atoms with Crippen molar-refractivity contribution in [2.45, 2.75) is 26.3 Å². The van der Waals surface area contributed by atoms with Crippen molar-refractivity contribution in [2.24, 2.45) is 5.73 Å². The molecule has 17 heavy (non-hydrogen) atoms. The average Bonchev–Trinajstić information content (AvgIpc) is 2.15. The third-order valence-electron chi connectivity index (χ3n) is 2.52. The second-order valence-electron chi connectivity index (χ2n) is 5.41. The zero-order chi connectivity index (χ0) is 13.1. The lowest BCUT2D eigenvalue weighted by Gasteiger charge is -2.36. The van der Waals surface area contributed by atoms with Crippen LogP contribution in [0.25, 0.3) is 0 Å². The van der Waals surface area contributed by atoms with Gasteiger partial charge in [0.2, 0.25) is 0 Å². The highest BCUT2D eigenvalue weighted by Crippen LogP contribution is 2.05. The molecule has 0 unspecified atom stereocenters. The van der Waals surface area contributed by atoms with Crippen LogP contribution in [0.3, 0.4) is 0 Å². The van der Waals surface area contributed by atoms with Gasteiger partial charge in [0.05, 0.1) is 4.99 Å². The van der Waals surface area contributed by atoms with E-state index >= 15 is 0 Å². The van der Waals surface area contributed by atoms with Crippen LogP contribution in [-0.2, 0) is 0 Å². The van der Waals surface area contributed by atoms with Crippen LogP contribution in [-0.4, -0.2) is 59.1 Å². The largest absolute Gasteiger partial charge is 0.392 e. The Balaban J connectivity index is 2.36. The molecule has 3 N–H and O–H groups in total. The maximum Gasteiger partial charge on any atom is 0.317 e. The summed E-state index contributed by atoms with van der Waals surface area (Å²) in [6, 6.07) is 0.00692. The number of carbonyl (C=O) groups excluding carboxylic acids is 1. The van der Waals surface area contributed by atoms with Crippen LogP contribution < -0.4 is 11.1 Å². The van der Waals surface area contributed by atoms with Gasteiger partial charge in [-0.15, -0.1) is 0 Å². The number of rotatable bonds is 2. The molecule has 0 atom stereocenters. The molecule has 6 heteroatoms. The van der Waals surface area contributed by atoms with Gasteiger partial charge in [-0.05, 0) is 20.8 Å². The Morgan fingerprint density at radius 1 is 1.29 bits per heavy atom. The molecule has 0 spiro atoms. The zero-order valence-corrected chi connectivity index (χ0v) is 11.6. The summed E-state index contributed by atoms with van der Waals surface area (Å²) < 4.78 is 0. The van der Waals surface area contributed by atoms with Crippen molar-refractivity contribution in [3.05, 3.63) is 0 Å². The molecule has 5 nitrogen and oxygen atoms in total. The van der Waals surface area contributed by atoms with Gasteiger partial charge >= 0.3 is 6.03 Å². The first-order chi connectivity index (χ1) is 7.78. The summed E-state index contributed by atoms with van der Waals surface area (Å²) in [6.07, 6.45) is 0. The van der Waals surface area contributed by atoms with Crippen molar-refractivity contribution in [1.29, 1.82) is 0 Å². The van der Waals surface area contributed by atoms with E-state index in [0.717, 1.165) is 26.2 Å². The van der Waals surface area contributed by atoms with E-state index in [-0.39, 0.29) is 11.6 Å². The Labute approximate surface area is 108 Å². The molecule has 2 amide bonds. The number of thiocarbonyl (C=S) groups is 1. The first kappa shape index (κ1) is 14.2. The van der Waals surface area contributed by atoms with Crippen LogP contribution in [0.5, 0.6) is 0 Å². The van der Waals surface area contributed by atoms with E-state index in [2.05, 4.69) is 10.2 Å². The van der Waals surface area contributed by atoms with Crippen LogP contribution in [0.1, 0.15) is 20.8 Å². The normalized spacial score (nSPS) is 17.9. The Morgan fingerprint density at radius 2 is 1.82 bits per heavy atom. The number of nitrogens with zero attached hydrogens (tertiary/aromatic N) is 2. The molecule has 0 aromatic carbocycles. The van der Waals surface area contributed by atoms with Crippen LogP contribution >= 0.6 is 12.2 Å². The third-order valence-corrected chi connectivity index (χ3v) is 2.65. The molecule has 1 saturated heterocycles. The first-order valence-corrected chi connectivity index (χ1v) is 6.26. The molecule has 0 aliphatic carbocycles. The number of piperazine rings is 1. The highest BCUT2D eigenvalue weighted by Gasteiger charge is 2.23. The minimum absolute atomic E-state index is 0.00692. The summed E-state index contributed by atoms with van der Waals surface area (Å²) in [5.74, 6) is 0. The quantitative estimate of drug-likeness (QED) is 0.704. The number of carbonyl (C=O) groups is 1. The molecule has 1 aliphatic heterocycles. The number of amides is 2. The van der Waals surface area contributed by atoms with E-state index < -0.39 is 0 Å². The third kappa shape index (κ3) is 5.32. The van der Waals surface area contributed by atoms with Crippen molar-refractivity contribution in [3.63, 3.8) is 0 Å². The number of urea groups is 1. The molecule has 1 fully saturated rings. The summed E-state index contributed by atoms with van der Waals surface area (Å²) in [7, 11) is 0. The second-order valence-corrected chi connectivity index (χ2v) is 5.93. The summed E-state index contributed by atoms with van der Waals surface area (Å²) in [5, 5.41) is 2.96. The number of hydrogen-bond acceptors (Lipinski definition) is 3. The molecule has 0 aromatic rings. The molecule has 1 heterocycles. The number of nitrogens with two attached hydrogens (primary N) is 1. The van der Waals surface area contributed by atoms with Crippen molar-refractivity contribution in [1.82, 2.24) is 15.1 Å². The lowest BCUT2D eigenvalue weighted by atomic mass is 10.1. The van der Waals surface area contributed by atoms with Crippen LogP contribution in [0.15, 0.2) is 0 Å².